The SMILES string of the molecule is CSc1cccc(N(Cc2ccc(C(=O)NC[C@H](C)c3ccccc3)cc2)S(C)(=O)=O)c1. The van der Waals surface area contributed by atoms with E-state index in [1.54, 1.807) is 42.1 Å². The van der Waals surface area contributed by atoms with Gasteiger partial charge in [0.05, 0.1) is 18.5 Å². The molecule has 3 rings (SSSR count). The lowest BCUT2D eigenvalue weighted by molar-refractivity contribution is 0.0951. The lowest BCUT2D eigenvalue weighted by atomic mass is 10.0. The van der Waals surface area contributed by atoms with Crippen LogP contribution < -0.4 is 9.62 Å². The van der Waals surface area contributed by atoms with Crippen LogP contribution >= 0.6 is 11.8 Å². The minimum absolute atomic E-state index is 0.146. The number of amides is 1. The molecule has 0 aliphatic carbocycles. The zero-order chi connectivity index (χ0) is 23.1. The van der Waals surface area contributed by atoms with Crippen LogP contribution in [-0.2, 0) is 16.6 Å². The molecular weight excluding hydrogens is 440 g/mol. The van der Waals surface area contributed by atoms with Crippen molar-refractivity contribution in [2.24, 2.45) is 0 Å². The van der Waals surface area contributed by atoms with E-state index in [1.807, 2.05) is 54.8 Å². The largest absolute Gasteiger partial charge is 0.351 e. The summed E-state index contributed by atoms with van der Waals surface area (Å²) in [6, 6.07) is 24.6. The van der Waals surface area contributed by atoms with E-state index in [0.29, 0.717) is 17.8 Å². The van der Waals surface area contributed by atoms with Crippen LogP contribution in [-0.4, -0.2) is 33.4 Å². The molecule has 7 heteroatoms. The smallest absolute Gasteiger partial charge is 0.251 e. The predicted octanol–water partition coefficient (Wildman–Crippen LogP) is 4.91. The lowest BCUT2D eigenvalue weighted by Crippen LogP contribution is -2.29. The summed E-state index contributed by atoms with van der Waals surface area (Å²) >= 11 is 1.56. The first-order valence-corrected chi connectivity index (χ1v) is 13.4. The Hall–Kier alpha value is -2.77. The highest BCUT2D eigenvalue weighted by molar-refractivity contribution is 7.98. The zero-order valence-corrected chi connectivity index (χ0v) is 20.1. The maximum Gasteiger partial charge on any atom is 0.251 e. The molecule has 1 atom stereocenters. The Kier molecular flexibility index (Phi) is 7.99. The molecule has 0 unspecified atom stereocenters. The fraction of sp³-hybridized carbons (Fsp3) is 0.240. The Bertz CT molecular complexity index is 1150. The average molecular weight is 469 g/mol. The molecular formula is C25H28N2O3S2. The Morgan fingerprint density at radius 2 is 1.69 bits per heavy atom. The van der Waals surface area contributed by atoms with E-state index in [9.17, 15) is 13.2 Å². The van der Waals surface area contributed by atoms with Crippen LogP contribution in [0.1, 0.15) is 34.3 Å². The number of benzene rings is 3. The van der Waals surface area contributed by atoms with Gasteiger partial charge in [0.2, 0.25) is 10.0 Å². The molecule has 3 aromatic carbocycles. The van der Waals surface area contributed by atoms with Gasteiger partial charge in [-0.05, 0) is 53.6 Å². The summed E-state index contributed by atoms with van der Waals surface area (Å²) in [7, 11) is -3.47. The summed E-state index contributed by atoms with van der Waals surface area (Å²) in [4.78, 5) is 13.5. The summed E-state index contributed by atoms with van der Waals surface area (Å²) in [6.45, 7) is 2.81. The van der Waals surface area contributed by atoms with Gasteiger partial charge in [0.25, 0.3) is 5.91 Å². The van der Waals surface area contributed by atoms with Crippen molar-refractivity contribution in [2.45, 2.75) is 24.3 Å². The van der Waals surface area contributed by atoms with Gasteiger partial charge >= 0.3 is 0 Å². The second-order valence-electron chi connectivity index (χ2n) is 7.69. The maximum absolute atomic E-state index is 12.5. The van der Waals surface area contributed by atoms with Crippen molar-refractivity contribution in [2.75, 3.05) is 23.4 Å². The highest BCUT2D eigenvalue weighted by Crippen LogP contribution is 2.25. The molecule has 5 nitrogen and oxygen atoms in total. The molecule has 0 saturated carbocycles. The van der Waals surface area contributed by atoms with Crippen molar-refractivity contribution in [1.29, 1.82) is 0 Å². The molecule has 0 aliphatic rings. The first-order valence-electron chi connectivity index (χ1n) is 10.3. The van der Waals surface area contributed by atoms with Gasteiger partial charge < -0.3 is 5.32 Å². The Morgan fingerprint density at radius 1 is 1.00 bits per heavy atom. The Labute approximate surface area is 194 Å². The molecule has 0 aliphatic heterocycles. The number of carbonyl (C=O) groups is 1. The Balaban J connectivity index is 1.67. The van der Waals surface area contributed by atoms with Crippen LogP contribution in [0.3, 0.4) is 0 Å². The minimum Gasteiger partial charge on any atom is -0.351 e. The highest BCUT2D eigenvalue weighted by atomic mass is 32.2. The summed E-state index contributed by atoms with van der Waals surface area (Å²) in [5.41, 5.74) is 3.15. The van der Waals surface area contributed by atoms with E-state index in [1.165, 1.54) is 16.1 Å². The van der Waals surface area contributed by atoms with Crippen LogP contribution in [0, 0.1) is 0 Å². The number of sulfonamides is 1. The summed E-state index contributed by atoms with van der Waals surface area (Å²) in [5, 5.41) is 2.97. The summed E-state index contributed by atoms with van der Waals surface area (Å²) in [5.74, 6) is 0.0618. The van der Waals surface area contributed by atoms with E-state index < -0.39 is 10.0 Å². The fourth-order valence-electron chi connectivity index (χ4n) is 3.34. The van der Waals surface area contributed by atoms with Crippen molar-refractivity contribution < 1.29 is 13.2 Å². The van der Waals surface area contributed by atoms with E-state index >= 15 is 0 Å². The van der Waals surface area contributed by atoms with Crippen molar-refractivity contribution in [3.63, 3.8) is 0 Å². The molecule has 168 valence electrons. The number of nitrogens with one attached hydrogen (secondary N) is 1. The molecule has 0 saturated heterocycles. The van der Waals surface area contributed by atoms with Gasteiger partial charge in [0.15, 0.2) is 0 Å². The molecule has 0 spiro atoms. The molecule has 1 N–H and O–H groups in total. The third kappa shape index (κ3) is 6.37. The molecule has 0 bridgehead atoms. The number of nitrogens with zero attached hydrogens (tertiary/aromatic N) is 1. The van der Waals surface area contributed by atoms with E-state index in [-0.39, 0.29) is 18.4 Å². The maximum atomic E-state index is 12.5. The van der Waals surface area contributed by atoms with E-state index in [2.05, 4.69) is 12.2 Å². The first-order chi connectivity index (χ1) is 15.3. The van der Waals surface area contributed by atoms with Crippen LogP contribution in [0.5, 0.6) is 0 Å². The normalized spacial score (nSPS) is 12.2. The van der Waals surface area contributed by atoms with Gasteiger partial charge in [-0.3, -0.25) is 9.10 Å². The summed E-state index contributed by atoms with van der Waals surface area (Å²) in [6.07, 6.45) is 3.16. The second kappa shape index (κ2) is 10.7. The van der Waals surface area contributed by atoms with Crippen molar-refractivity contribution in [1.82, 2.24) is 5.32 Å². The third-order valence-corrected chi connectivity index (χ3v) is 7.09. The molecule has 0 fully saturated rings. The van der Waals surface area contributed by atoms with E-state index in [4.69, 9.17) is 0 Å². The van der Waals surface area contributed by atoms with Crippen molar-refractivity contribution >= 4 is 33.4 Å². The third-order valence-electron chi connectivity index (χ3n) is 5.22. The molecule has 0 heterocycles. The van der Waals surface area contributed by atoms with Gasteiger partial charge in [-0.1, -0.05) is 55.5 Å². The molecule has 0 aromatic heterocycles. The quantitative estimate of drug-likeness (QED) is 0.453. The molecule has 3 aromatic rings. The molecule has 1 amide bonds. The van der Waals surface area contributed by atoms with Gasteiger partial charge in [-0.25, -0.2) is 8.42 Å². The standard InChI is InChI=1S/C25H28N2O3S2/c1-19(21-8-5-4-6-9-21)17-26-25(28)22-14-12-20(13-15-22)18-27(32(3,29)30)23-10-7-11-24(16-23)31-2/h4-16,19H,17-18H2,1-3H3,(H,26,28)/t19-/m0/s1. The fourth-order valence-corrected chi connectivity index (χ4v) is 4.67. The number of hydrogen-bond acceptors (Lipinski definition) is 4. The lowest BCUT2D eigenvalue weighted by Gasteiger charge is -2.23. The number of carbonyl (C=O) groups excluding carboxylic acids is 1. The monoisotopic (exact) mass is 468 g/mol. The Morgan fingerprint density at radius 3 is 2.31 bits per heavy atom. The molecule has 0 radical (unpaired) electrons. The number of thioether (sulfide) groups is 1. The summed E-state index contributed by atoms with van der Waals surface area (Å²) < 4.78 is 26.2. The van der Waals surface area contributed by atoms with Gasteiger partial charge in [0, 0.05) is 17.0 Å². The average Bonchev–Trinajstić information content (AvgIpc) is 2.81. The minimum atomic E-state index is -3.47. The van der Waals surface area contributed by atoms with Crippen LogP contribution in [0.2, 0.25) is 0 Å². The number of anilines is 1. The molecule has 32 heavy (non-hydrogen) atoms. The van der Waals surface area contributed by atoms with Crippen LogP contribution in [0.4, 0.5) is 5.69 Å². The first kappa shape index (κ1) is 23.9. The second-order valence-corrected chi connectivity index (χ2v) is 10.5. The highest BCUT2D eigenvalue weighted by Gasteiger charge is 2.18. The van der Waals surface area contributed by atoms with Gasteiger partial charge in [-0.2, -0.15) is 0 Å². The topological polar surface area (TPSA) is 66.5 Å². The van der Waals surface area contributed by atoms with Gasteiger partial charge in [0.1, 0.15) is 0 Å². The van der Waals surface area contributed by atoms with Gasteiger partial charge in [-0.15, -0.1) is 11.8 Å². The van der Waals surface area contributed by atoms with Crippen LogP contribution in [0.15, 0.2) is 83.8 Å². The van der Waals surface area contributed by atoms with Crippen molar-refractivity contribution in [3.8, 4) is 0 Å². The number of hydrogen-bond donors (Lipinski definition) is 1. The number of rotatable bonds is 9. The van der Waals surface area contributed by atoms with Crippen LogP contribution in [0.25, 0.3) is 0 Å². The predicted molar refractivity (Wildman–Crippen MR) is 133 cm³/mol. The zero-order valence-electron chi connectivity index (χ0n) is 18.5. The van der Waals surface area contributed by atoms with Crippen molar-refractivity contribution in [3.05, 3.63) is 95.6 Å². The van der Waals surface area contributed by atoms with E-state index in [0.717, 1.165) is 10.5 Å².